The van der Waals surface area contributed by atoms with Gasteiger partial charge >= 0.3 is 0 Å². The molecule has 0 unspecified atom stereocenters. The van der Waals surface area contributed by atoms with Gasteiger partial charge in [0, 0.05) is 38.2 Å². The Kier molecular flexibility index (Phi) is 8.38. The zero-order valence-corrected chi connectivity index (χ0v) is 33.5. The summed E-state index contributed by atoms with van der Waals surface area (Å²) in [5.41, 5.74) is 12.4. The van der Waals surface area contributed by atoms with Crippen molar-refractivity contribution in [3.63, 3.8) is 0 Å². The van der Waals surface area contributed by atoms with Gasteiger partial charge in [0.15, 0.2) is 11.6 Å². The fraction of sp³-hybridized carbons (Fsp3) is 0. The van der Waals surface area contributed by atoms with Crippen LogP contribution in [0.5, 0.6) is 0 Å². The Morgan fingerprint density at radius 1 is 0.290 bits per heavy atom. The molecule has 4 aromatic heterocycles. The maximum absolute atomic E-state index is 5.41. The van der Waals surface area contributed by atoms with Gasteiger partial charge in [0.25, 0.3) is 0 Å². The van der Waals surface area contributed by atoms with E-state index in [-0.39, 0.29) is 0 Å². The highest BCUT2D eigenvalue weighted by atomic mass is 15.2. The van der Waals surface area contributed by atoms with Crippen molar-refractivity contribution in [2.45, 2.75) is 0 Å². The molecule has 8 aromatic carbocycles. The third kappa shape index (κ3) is 5.96. The molecule has 290 valence electrons. The normalized spacial score (nSPS) is 11.5. The van der Waals surface area contributed by atoms with E-state index in [1.165, 1.54) is 0 Å². The van der Waals surface area contributed by atoms with Gasteiger partial charge < -0.3 is 0 Å². The largest absolute Gasteiger partial charge is 0.294 e. The minimum atomic E-state index is 0.548. The van der Waals surface area contributed by atoms with Crippen LogP contribution in [-0.2, 0) is 0 Å². The number of hydrogen-bond acceptors (Lipinski definition) is 4. The first-order valence-electron chi connectivity index (χ1n) is 20.8. The van der Waals surface area contributed by atoms with Crippen LogP contribution in [0.4, 0.5) is 0 Å². The lowest BCUT2D eigenvalue weighted by Gasteiger charge is -2.13. The van der Waals surface area contributed by atoms with E-state index in [1.54, 1.807) is 0 Å². The molecule has 0 aliphatic rings. The zero-order valence-electron chi connectivity index (χ0n) is 33.5. The van der Waals surface area contributed by atoms with Crippen LogP contribution in [0.15, 0.2) is 218 Å². The number of para-hydroxylation sites is 2. The number of pyridine rings is 1. The standard InChI is InChI=1S/C56H36N6/c1-5-17-37(18-6-1)39-29-31-42(32-30-39)55-58-54(41-23-11-4-12-24-41)59-56(60-55)62-48-27-15-13-25-44(48)45-33-34-50-52(53(45)62)46-26-14-16-28-49(46)61(50)51-36-43(38-19-7-2-8-20-38)35-47(57-51)40-21-9-3-10-22-40/h1-36H. The minimum Gasteiger partial charge on any atom is -0.294 e. The third-order valence-corrected chi connectivity index (χ3v) is 11.8. The molecule has 12 aromatic rings. The van der Waals surface area contributed by atoms with Crippen molar-refractivity contribution in [1.82, 2.24) is 29.1 Å². The van der Waals surface area contributed by atoms with Crippen LogP contribution >= 0.6 is 0 Å². The van der Waals surface area contributed by atoms with E-state index in [4.69, 9.17) is 19.9 Å². The van der Waals surface area contributed by atoms with Crippen LogP contribution in [-0.4, -0.2) is 29.1 Å². The van der Waals surface area contributed by atoms with Crippen molar-refractivity contribution >= 4 is 43.6 Å². The fourth-order valence-electron chi connectivity index (χ4n) is 8.90. The molecule has 4 heterocycles. The molecule has 0 N–H and O–H groups in total. The number of fused-ring (bicyclic) bond motifs is 7. The van der Waals surface area contributed by atoms with Gasteiger partial charge in [-0.25, -0.2) is 9.97 Å². The molecule has 0 bridgehead atoms. The van der Waals surface area contributed by atoms with Crippen molar-refractivity contribution < 1.29 is 0 Å². The summed E-state index contributed by atoms with van der Waals surface area (Å²) in [7, 11) is 0. The predicted octanol–water partition coefficient (Wildman–Crippen LogP) is 13.8. The maximum Gasteiger partial charge on any atom is 0.238 e. The van der Waals surface area contributed by atoms with Crippen LogP contribution in [0.2, 0.25) is 0 Å². The van der Waals surface area contributed by atoms with Crippen LogP contribution in [0.1, 0.15) is 0 Å². The number of aromatic nitrogens is 6. The molecule has 0 spiro atoms. The van der Waals surface area contributed by atoms with Crippen LogP contribution in [0.25, 0.3) is 112 Å². The molecule has 0 aliphatic heterocycles. The van der Waals surface area contributed by atoms with Crippen LogP contribution < -0.4 is 0 Å². The summed E-state index contributed by atoms with van der Waals surface area (Å²) < 4.78 is 4.55. The van der Waals surface area contributed by atoms with E-state index in [1.807, 2.05) is 30.3 Å². The SMILES string of the molecule is c1ccc(-c2ccc(-c3nc(-c4ccccc4)nc(-n4c5ccccc5c5ccc6c(c7ccccc7n6-c6cc(-c7ccccc7)cc(-c7ccccc7)n6)c54)n3)cc2)cc1. The first-order valence-corrected chi connectivity index (χ1v) is 20.8. The number of hydrogen-bond donors (Lipinski definition) is 0. The lowest BCUT2D eigenvalue weighted by atomic mass is 10.0. The monoisotopic (exact) mass is 792 g/mol. The van der Waals surface area contributed by atoms with Gasteiger partial charge in [-0.05, 0) is 52.6 Å². The molecule has 0 radical (unpaired) electrons. The average molecular weight is 793 g/mol. The molecule has 6 heteroatoms. The molecule has 0 amide bonds. The number of rotatable bonds is 7. The second-order valence-corrected chi connectivity index (χ2v) is 15.5. The summed E-state index contributed by atoms with van der Waals surface area (Å²) in [5, 5.41) is 4.44. The molecule has 0 saturated carbocycles. The van der Waals surface area contributed by atoms with Gasteiger partial charge in [-0.15, -0.1) is 0 Å². The smallest absolute Gasteiger partial charge is 0.238 e. The van der Waals surface area contributed by atoms with E-state index in [0.29, 0.717) is 17.6 Å². The third-order valence-electron chi connectivity index (χ3n) is 11.8. The Morgan fingerprint density at radius 2 is 0.774 bits per heavy atom. The summed E-state index contributed by atoms with van der Waals surface area (Å²) in [5.74, 6) is 2.59. The van der Waals surface area contributed by atoms with Crippen molar-refractivity contribution in [3.8, 4) is 68.1 Å². The summed E-state index contributed by atoms with van der Waals surface area (Å²) in [6.07, 6.45) is 0. The molecule has 0 atom stereocenters. The first kappa shape index (κ1) is 35.5. The molecule has 0 fully saturated rings. The highest BCUT2D eigenvalue weighted by molar-refractivity contribution is 6.26. The predicted molar refractivity (Wildman–Crippen MR) is 253 cm³/mol. The lowest BCUT2D eigenvalue weighted by Crippen LogP contribution is -2.06. The molecule has 12 rings (SSSR count). The van der Waals surface area contributed by atoms with Gasteiger partial charge in [0.2, 0.25) is 5.95 Å². The van der Waals surface area contributed by atoms with Crippen molar-refractivity contribution in [1.29, 1.82) is 0 Å². The summed E-state index contributed by atoms with van der Waals surface area (Å²) in [4.78, 5) is 21.2. The van der Waals surface area contributed by atoms with E-state index in [2.05, 4.69) is 197 Å². The maximum atomic E-state index is 5.41. The first-order chi connectivity index (χ1) is 30.7. The van der Waals surface area contributed by atoms with Crippen molar-refractivity contribution in [2.24, 2.45) is 0 Å². The minimum absolute atomic E-state index is 0.548. The Bertz CT molecular complexity index is 3540. The van der Waals surface area contributed by atoms with Gasteiger partial charge in [0.05, 0.1) is 27.8 Å². The quantitative estimate of drug-likeness (QED) is 0.161. The van der Waals surface area contributed by atoms with Gasteiger partial charge in [-0.3, -0.25) is 9.13 Å². The van der Waals surface area contributed by atoms with Crippen molar-refractivity contribution in [2.75, 3.05) is 0 Å². The van der Waals surface area contributed by atoms with Crippen LogP contribution in [0.3, 0.4) is 0 Å². The Hall–Kier alpha value is -8.48. The van der Waals surface area contributed by atoms with E-state index < -0.39 is 0 Å². The molecule has 0 aliphatic carbocycles. The highest BCUT2D eigenvalue weighted by Crippen LogP contribution is 2.42. The average Bonchev–Trinajstić information content (AvgIpc) is 3.88. The van der Waals surface area contributed by atoms with Gasteiger partial charge in [-0.1, -0.05) is 188 Å². The summed E-state index contributed by atoms with van der Waals surface area (Å²) >= 11 is 0. The summed E-state index contributed by atoms with van der Waals surface area (Å²) in [6.45, 7) is 0. The number of nitrogens with zero attached hydrogens (tertiary/aromatic N) is 6. The Labute approximate surface area is 357 Å². The van der Waals surface area contributed by atoms with E-state index in [9.17, 15) is 0 Å². The fourth-order valence-corrected chi connectivity index (χ4v) is 8.90. The van der Waals surface area contributed by atoms with Gasteiger partial charge in [-0.2, -0.15) is 9.97 Å². The van der Waals surface area contributed by atoms with Crippen molar-refractivity contribution in [3.05, 3.63) is 218 Å². The topological polar surface area (TPSA) is 61.4 Å². The lowest BCUT2D eigenvalue weighted by molar-refractivity contribution is 0.955. The molecule has 6 nitrogen and oxygen atoms in total. The van der Waals surface area contributed by atoms with E-state index in [0.717, 1.165) is 94.1 Å². The number of benzene rings is 8. The second kappa shape index (κ2) is 14.7. The second-order valence-electron chi connectivity index (χ2n) is 15.5. The summed E-state index contributed by atoms with van der Waals surface area (Å²) in [6, 6.07) is 76.1. The highest BCUT2D eigenvalue weighted by Gasteiger charge is 2.24. The van der Waals surface area contributed by atoms with Crippen LogP contribution in [0, 0.1) is 0 Å². The Morgan fingerprint density at radius 3 is 1.42 bits per heavy atom. The molecule has 0 saturated heterocycles. The van der Waals surface area contributed by atoms with Gasteiger partial charge in [0.1, 0.15) is 5.82 Å². The Balaban J connectivity index is 1.14. The molecular weight excluding hydrogens is 757 g/mol. The molecule has 62 heavy (non-hydrogen) atoms. The zero-order chi connectivity index (χ0) is 41.0. The molecular formula is C56H36N6. The van der Waals surface area contributed by atoms with E-state index >= 15 is 0 Å².